The number of aryl methyl sites for hydroxylation is 1. The van der Waals surface area contributed by atoms with Gasteiger partial charge in [0.05, 0.1) is 11.1 Å². The van der Waals surface area contributed by atoms with Gasteiger partial charge in [-0.3, -0.25) is 4.79 Å². The molecule has 0 saturated heterocycles. The minimum Gasteiger partial charge on any atom is -0.350 e. The van der Waals surface area contributed by atoms with Crippen LogP contribution in [-0.2, 0) is 0 Å². The van der Waals surface area contributed by atoms with E-state index >= 15 is 0 Å². The molecule has 1 unspecified atom stereocenters. The number of nitrogens with zero attached hydrogens (tertiary/aromatic N) is 2. The van der Waals surface area contributed by atoms with Gasteiger partial charge in [-0.25, -0.2) is 0 Å². The quantitative estimate of drug-likeness (QED) is 0.804. The molecule has 0 aliphatic carbocycles. The number of hydrogen-bond donors (Lipinski definition) is 1. The molecular formula is C8H12ClN3OS. The lowest BCUT2D eigenvalue weighted by Gasteiger charge is -2.06. The molecule has 14 heavy (non-hydrogen) atoms. The second kappa shape index (κ2) is 5.26. The van der Waals surface area contributed by atoms with Gasteiger partial charge >= 0.3 is 0 Å². The summed E-state index contributed by atoms with van der Waals surface area (Å²) < 4.78 is 3.69. The van der Waals surface area contributed by atoms with Crippen LogP contribution in [0.2, 0.25) is 0 Å². The van der Waals surface area contributed by atoms with Crippen molar-refractivity contribution in [3.63, 3.8) is 0 Å². The third-order valence-electron chi connectivity index (χ3n) is 1.78. The molecule has 0 saturated carbocycles. The van der Waals surface area contributed by atoms with Crippen molar-refractivity contribution in [1.82, 2.24) is 14.9 Å². The van der Waals surface area contributed by atoms with E-state index in [0.29, 0.717) is 17.1 Å². The normalized spacial score (nSPS) is 12.5. The van der Waals surface area contributed by atoms with Gasteiger partial charge in [0.25, 0.3) is 5.91 Å². The zero-order chi connectivity index (χ0) is 10.6. The molecule has 0 aliphatic heterocycles. The van der Waals surface area contributed by atoms with E-state index in [1.54, 1.807) is 6.92 Å². The highest BCUT2D eigenvalue weighted by atomic mass is 35.5. The molecule has 1 rings (SSSR count). The van der Waals surface area contributed by atoms with Crippen molar-refractivity contribution in [2.75, 3.05) is 6.54 Å². The van der Waals surface area contributed by atoms with Crippen LogP contribution in [0.4, 0.5) is 0 Å². The number of rotatable bonds is 4. The first-order valence-electron chi connectivity index (χ1n) is 4.36. The molecule has 0 aliphatic rings. The number of alkyl halides is 1. The third kappa shape index (κ3) is 2.92. The van der Waals surface area contributed by atoms with E-state index in [1.165, 1.54) is 0 Å². The Hall–Kier alpha value is -0.680. The van der Waals surface area contributed by atoms with Gasteiger partial charge in [0.15, 0.2) is 0 Å². The SMILES string of the molecule is CCC(Cl)CNC(=O)c1snnc1C. The van der Waals surface area contributed by atoms with Gasteiger partial charge in [0.1, 0.15) is 4.88 Å². The highest BCUT2D eigenvalue weighted by Gasteiger charge is 2.13. The topological polar surface area (TPSA) is 54.9 Å². The summed E-state index contributed by atoms with van der Waals surface area (Å²) in [7, 11) is 0. The Morgan fingerprint density at radius 3 is 2.93 bits per heavy atom. The van der Waals surface area contributed by atoms with Crippen LogP contribution in [0.15, 0.2) is 0 Å². The van der Waals surface area contributed by atoms with E-state index in [4.69, 9.17) is 11.6 Å². The number of halogens is 1. The van der Waals surface area contributed by atoms with Crippen molar-refractivity contribution < 1.29 is 4.79 Å². The molecule has 1 atom stereocenters. The minimum atomic E-state index is -0.142. The zero-order valence-corrected chi connectivity index (χ0v) is 9.65. The van der Waals surface area contributed by atoms with E-state index in [2.05, 4.69) is 14.9 Å². The van der Waals surface area contributed by atoms with Crippen molar-refractivity contribution in [2.45, 2.75) is 25.6 Å². The summed E-state index contributed by atoms with van der Waals surface area (Å²) in [5, 5.41) is 6.48. The lowest BCUT2D eigenvalue weighted by Crippen LogP contribution is -2.29. The standard InChI is InChI=1S/C8H12ClN3OS/c1-3-6(9)4-10-8(13)7-5(2)11-12-14-7/h6H,3-4H2,1-2H3,(H,10,13). The fraction of sp³-hybridized carbons (Fsp3) is 0.625. The predicted molar refractivity (Wildman–Crippen MR) is 56.9 cm³/mol. The first-order valence-corrected chi connectivity index (χ1v) is 5.57. The summed E-state index contributed by atoms with van der Waals surface area (Å²) in [6, 6.07) is 0. The second-order valence-corrected chi connectivity index (χ2v) is 4.27. The van der Waals surface area contributed by atoms with Gasteiger partial charge in [0.2, 0.25) is 0 Å². The number of carbonyl (C=O) groups excluding carboxylic acids is 1. The van der Waals surface area contributed by atoms with Crippen LogP contribution in [0, 0.1) is 6.92 Å². The average Bonchev–Trinajstić information content (AvgIpc) is 2.60. The van der Waals surface area contributed by atoms with E-state index in [9.17, 15) is 4.79 Å². The number of amides is 1. The number of carbonyl (C=O) groups is 1. The Labute approximate surface area is 91.8 Å². The number of aromatic nitrogens is 2. The summed E-state index contributed by atoms with van der Waals surface area (Å²) >= 11 is 6.97. The Bertz CT molecular complexity index is 315. The fourth-order valence-corrected chi connectivity index (χ4v) is 1.52. The van der Waals surface area contributed by atoms with E-state index < -0.39 is 0 Å². The van der Waals surface area contributed by atoms with Gasteiger partial charge in [-0.05, 0) is 24.9 Å². The molecule has 0 bridgehead atoms. The lowest BCUT2D eigenvalue weighted by molar-refractivity contribution is 0.0956. The number of hydrogen-bond acceptors (Lipinski definition) is 4. The minimum absolute atomic E-state index is 0.0138. The van der Waals surface area contributed by atoms with Gasteiger partial charge in [-0.1, -0.05) is 11.4 Å². The van der Waals surface area contributed by atoms with Crippen LogP contribution < -0.4 is 5.32 Å². The van der Waals surface area contributed by atoms with Crippen LogP contribution in [-0.4, -0.2) is 27.4 Å². The lowest BCUT2D eigenvalue weighted by atomic mass is 10.3. The highest BCUT2D eigenvalue weighted by molar-refractivity contribution is 7.07. The molecule has 1 N–H and O–H groups in total. The Balaban J connectivity index is 2.47. The molecule has 1 aromatic rings. The maximum Gasteiger partial charge on any atom is 0.264 e. The Morgan fingerprint density at radius 1 is 1.71 bits per heavy atom. The molecule has 0 aromatic carbocycles. The van der Waals surface area contributed by atoms with Gasteiger partial charge < -0.3 is 5.32 Å². The first-order chi connectivity index (χ1) is 6.65. The van der Waals surface area contributed by atoms with E-state index in [-0.39, 0.29) is 11.3 Å². The van der Waals surface area contributed by atoms with Crippen LogP contribution >= 0.6 is 23.1 Å². The van der Waals surface area contributed by atoms with Crippen LogP contribution in [0.25, 0.3) is 0 Å². The molecular weight excluding hydrogens is 222 g/mol. The van der Waals surface area contributed by atoms with Gasteiger partial charge in [-0.2, -0.15) is 0 Å². The molecule has 1 amide bonds. The third-order valence-corrected chi connectivity index (χ3v) is 3.07. The summed E-state index contributed by atoms with van der Waals surface area (Å²) in [6.07, 6.45) is 0.835. The molecule has 1 aromatic heterocycles. The first kappa shape index (κ1) is 11.4. The maximum absolute atomic E-state index is 11.5. The van der Waals surface area contributed by atoms with E-state index in [0.717, 1.165) is 18.0 Å². The summed E-state index contributed by atoms with van der Waals surface area (Å²) in [6.45, 7) is 4.22. The predicted octanol–water partition coefficient (Wildman–Crippen LogP) is 1.59. The zero-order valence-electron chi connectivity index (χ0n) is 8.08. The van der Waals surface area contributed by atoms with E-state index in [1.807, 2.05) is 6.92 Å². The molecule has 0 radical (unpaired) electrons. The molecule has 4 nitrogen and oxygen atoms in total. The van der Waals surface area contributed by atoms with Crippen molar-refractivity contribution in [1.29, 1.82) is 0 Å². The maximum atomic E-state index is 11.5. The summed E-state index contributed by atoms with van der Waals surface area (Å²) in [5.74, 6) is -0.142. The monoisotopic (exact) mass is 233 g/mol. The second-order valence-electron chi connectivity index (χ2n) is 2.90. The van der Waals surface area contributed by atoms with Crippen LogP contribution in [0.1, 0.15) is 28.7 Å². The van der Waals surface area contributed by atoms with Crippen LogP contribution in [0.3, 0.4) is 0 Å². The van der Waals surface area contributed by atoms with Crippen molar-refractivity contribution >= 4 is 29.0 Å². The Morgan fingerprint density at radius 2 is 2.43 bits per heavy atom. The van der Waals surface area contributed by atoms with Crippen molar-refractivity contribution in [2.24, 2.45) is 0 Å². The molecule has 6 heteroatoms. The summed E-state index contributed by atoms with van der Waals surface area (Å²) in [5.41, 5.74) is 0.662. The molecule has 0 fully saturated rings. The fourth-order valence-electron chi connectivity index (χ4n) is 0.868. The van der Waals surface area contributed by atoms with Gasteiger partial charge in [-0.15, -0.1) is 16.7 Å². The average molecular weight is 234 g/mol. The largest absolute Gasteiger partial charge is 0.350 e. The smallest absolute Gasteiger partial charge is 0.264 e. The highest BCUT2D eigenvalue weighted by Crippen LogP contribution is 2.08. The van der Waals surface area contributed by atoms with Crippen molar-refractivity contribution in [3.8, 4) is 0 Å². The van der Waals surface area contributed by atoms with Crippen LogP contribution in [0.5, 0.6) is 0 Å². The van der Waals surface area contributed by atoms with Crippen molar-refractivity contribution in [3.05, 3.63) is 10.6 Å². The van der Waals surface area contributed by atoms with Gasteiger partial charge in [0, 0.05) is 6.54 Å². The summed E-state index contributed by atoms with van der Waals surface area (Å²) in [4.78, 5) is 12.1. The molecule has 1 heterocycles. The number of nitrogens with one attached hydrogen (secondary N) is 1. The molecule has 0 spiro atoms. The Kier molecular flexibility index (Phi) is 4.28. The molecule has 78 valence electrons.